The van der Waals surface area contributed by atoms with Crippen LogP contribution in [0.1, 0.15) is 42.5 Å². The fourth-order valence-electron chi connectivity index (χ4n) is 3.29. The molecular weight excluding hydrogens is 332 g/mol. The summed E-state index contributed by atoms with van der Waals surface area (Å²) in [6.07, 6.45) is 5.48. The molecular formula is C16H19BrN2O2. The predicted molar refractivity (Wildman–Crippen MR) is 86.8 cm³/mol. The van der Waals surface area contributed by atoms with Gasteiger partial charge in [-0.25, -0.2) is 4.79 Å². The summed E-state index contributed by atoms with van der Waals surface area (Å²) in [6.45, 7) is 0. The molecule has 2 aromatic rings. The van der Waals surface area contributed by atoms with Crippen molar-refractivity contribution in [3.63, 3.8) is 0 Å². The van der Waals surface area contributed by atoms with E-state index in [4.69, 9.17) is 0 Å². The smallest absolute Gasteiger partial charge is 0.295 e. The van der Waals surface area contributed by atoms with Crippen LogP contribution in [0.2, 0.25) is 0 Å². The lowest BCUT2D eigenvalue weighted by atomic mass is 9.84. The third kappa shape index (κ3) is 2.37. The number of halogens is 1. The molecule has 0 bridgehead atoms. The predicted octanol–water partition coefficient (Wildman–Crippen LogP) is 3.40. The highest BCUT2D eigenvalue weighted by Gasteiger charge is 2.25. The molecule has 1 heterocycles. The fourth-order valence-corrected chi connectivity index (χ4v) is 3.82. The molecule has 0 N–H and O–H groups in total. The molecule has 1 saturated carbocycles. The van der Waals surface area contributed by atoms with Gasteiger partial charge in [0, 0.05) is 30.0 Å². The number of carbonyl (C=O) groups is 1. The number of imidazole rings is 1. The molecule has 5 heteroatoms. The minimum atomic E-state index is -0.0702. The largest absolute Gasteiger partial charge is 0.328 e. The van der Waals surface area contributed by atoms with Gasteiger partial charge in [0.2, 0.25) is 0 Å². The molecule has 4 nitrogen and oxygen atoms in total. The summed E-state index contributed by atoms with van der Waals surface area (Å²) in [5.41, 5.74) is 2.29. The van der Waals surface area contributed by atoms with E-state index in [1.54, 1.807) is 23.2 Å². The molecule has 0 unspecified atom stereocenters. The van der Waals surface area contributed by atoms with Crippen LogP contribution in [0.3, 0.4) is 0 Å². The summed E-state index contributed by atoms with van der Waals surface area (Å²) in [6, 6.07) is 3.74. The maximum absolute atomic E-state index is 12.7. The zero-order valence-corrected chi connectivity index (χ0v) is 13.9. The van der Waals surface area contributed by atoms with E-state index in [0.29, 0.717) is 5.56 Å². The number of hydrogen-bond acceptors (Lipinski definition) is 2. The van der Waals surface area contributed by atoms with E-state index in [1.165, 1.54) is 6.42 Å². The number of fused-ring (bicyclic) bond motifs is 1. The Balaban J connectivity index is 2.10. The van der Waals surface area contributed by atoms with Gasteiger partial charge in [0.15, 0.2) is 5.78 Å². The van der Waals surface area contributed by atoms with E-state index in [-0.39, 0.29) is 17.4 Å². The summed E-state index contributed by atoms with van der Waals surface area (Å²) in [7, 11) is 3.49. The molecule has 0 spiro atoms. The van der Waals surface area contributed by atoms with Crippen LogP contribution >= 0.6 is 15.9 Å². The Kier molecular flexibility index (Phi) is 3.78. The van der Waals surface area contributed by atoms with Gasteiger partial charge in [0.25, 0.3) is 0 Å². The first-order chi connectivity index (χ1) is 10.0. The third-order valence-electron chi connectivity index (χ3n) is 4.60. The number of hydrogen-bond donors (Lipinski definition) is 0. The molecule has 3 rings (SSSR count). The van der Waals surface area contributed by atoms with Gasteiger partial charge in [0.1, 0.15) is 0 Å². The first-order valence-corrected chi connectivity index (χ1v) is 8.19. The Hall–Kier alpha value is -1.36. The second kappa shape index (κ2) is 5.44. The first kappa shape index (κ1) is 14.6. The number of aryl methyl sites for hydroxylation is 2. The standard InChI is InChI=1S/C16H19BrN2O2/c1-18-13-8-11(15(20)10-6-4-3-5-7-10)12(17)9-14(13)19(2)16(18)21/h8-10H,3-7H2,1-2H3. The van der Waals surface area contributed by atoms with Gasteiger partial charge in [-0.2, -0.15) is 0 Å². The van der Waals surface area contributed by atoms with Crippen LogP contribution in [0.15, 0.2) is 21.4 Å². The molecule has 1 aliphatic rings. The normalized spacial score (nSPS) is 16.5. The van der Waals surface area contributed by atoms with Crippen molar-refractivity contribution in [2.24, 2.45) is 20.0 Å². The van der Waals surface area contributed by atoms with E-state index in [9.17, 15) is 9.59 Å². The molecule has 1 aromatic heterocycles. The number of rotatable bonds is 2. The monoisotopic (exact) mass is 350 g/mol. The molecule has 0 amide bonds. The van der Waals surface area contributed by atoms with Crippen LogP contribution in [0.4, 0.5) is 0 Å². The average Bonchev–Trinajstić information content (AvgIpc) is 2.71. The SMILES string of the molecule is Cn1c(=O)n(C)c2cc(C(=O)C3CCCCC3)c(Br)cc21. The zero-order chi connectivity index (χ0) is 15.1. The van der Waals surface area contributed by atoms with Crippen molar-refractivity contribution in [2.75, 3.05) is 0 Å². The van der Waals surface area contributed by atoms with Crippen LogP contribution in [0.5, 0.6) is 0 Å². The lowest BCUT2D eigenvalue weighted by molar-refractivity contribution is 0.0889. The van der Waals surface area contributed by atoms with Crippen molar-refractivity contribution in [1.29, 1.82) is 0 Å². The average molecular weight is 351 g/mol. The number of benzene rings is 1. The number of ketones is 1. The van der Waals surface area contributed by atoms with Crippen molar-refractivity contribution in [2.45, 2.75) is 32.1 Å². The topological polar surface area (TPSA) is 44.0 Å². The molecule has 0 aliphatic heterocycles. The minimum absolute atomic E-state index is 0.0702. The fraction of sp³-hybridized carbons (Fsp3) is 0.500. The summed E-state index contributed by atoms with van der Waals surface area (Å²) in [5.74, 6) is 0.341. The Morgan fingerprint density at radius 1 is 1.10 bits per heavy atom. The van der Waals surface area contributed by atoms with E-state index in [2.05, 4.69) is 15.9 Å². The molecule has 1 aliphatic carbocycles. The van der Waals surface area contributed by atoms with Gasteiger partial charge in [-0.15, -0.1) is 0 Å². The van der Waals surface area contributed by atoms with E-state index in [0.717, 1.165) is 41.2 Å². The summed E-state index contributed by atoms with van der Waals surface area (Å²) < 4.78 is 3.99. The molecule has 0 radical (unpaired) electrons. The number of Topliss-reactive ketones (excluding diaryl/α,β-unsaturated/α-hetero) is 1. The molecule has 1 fully saturated rings. The van der Waals surface area contributed by atoms with Gasteiger partial charge >= 0.3 is 5.69 Å². The van der Waals surface area contributed by atoms with Crippen molar-refractivity contribution in [3.8, 4) is 0 Å². The Bertz CT molecular complexity index is 767. The highest BCUT2D eigenvalue weighted by molar-refractivity contribution is 9.10. The Morgan fingerprint density at radius 2 is 1.67 bits per heavy atom. The number of carbonyl (C=O) groups excluding carboxylic acids is 1. The van der Waals surface area contributed by atoms with Gasteiger partial charge in [-0.05, 0) is 40.9 Å². The van der Waals surface area contributed by atoms with Crippen molar-refractivity contribution in [3.05, 3.63) is 32.7 Å². The lowest BCUT2D eigenvalue weighted by Crippen LogP contribution is -2.19. The van der Waals surface area contributed by atoms with Crippen LogP contribution < -0.4 is 5.69 Å². The third-order valence-corrected chi connectivity index (χ3v) is 5.26. The van der Waals surface area contributed by atoms with Gasteiger partial charge in [-0.1, -0.05) is 19.3 Å². The van der Waals surface area contributed by atoms with E-state index >= 15 is 0 Å². The Morgan fingerprint density at radius 3 is 2.29 bits per heavy atom. The van der Waals surface area contributed by atoms with Crippen molar-refractivity contribution >= 4 is 32.7 Å². The van der Waals surface area contributed by atoms with Gasteiger partial charge in [0.05, 0.1) is 11.0 Å². The first-order valence-electron chi connectivity index (χ1n) is 7.40. The highest BCUT2D eigenvalue weighted by atomic mass is 79.9. The van der Waals surface area contributed by atoms with Crippen molar-refractivity contribution in [1.82, 2.24) is 9.13 Å². The molecule has 112 valence electrons. The molecule has 21 heavy (non-hydrogen) atoms. The van der Waals surface area contributed by atoms with E-state index < -0.39 is 0 Å². The molecule has 0 saturated heterocycles. The van der Waals surface area contributed by atoms with Crippen LogP contribution in [0.25, 0.3) is 11.0 Å². The van der Waals surface area contributed by atoms with Crippen molar-refractivity contribution < 1.29 is 4.79 Å². The second-order valence-corrected chi connectivity index (χ2v) is 6.77. The Labute approximate surface area is 131 Å². The van der Waals surface area contributed by atoms with Crippen LogP contribution in [-0.4, -0.2) is 14.9 Å². The zero-order valence-electron chi connectivity index (χ0n) is 12.4. The molecule has 0 atom stereocenters. The van der Waals surface area contributed by atoms with E-state index in [1.807, 2.05) is 12.1 Å². The minimum Gasteiger partial charge on any atom is -0.295 e. The lowest BCUT2D eigenvalue weighted by Gasteiger charge is -2.20. The number of nitrogens with zero attached hydrogens (tertiary/aromatic N) is 2. The molecule has 1 aromatic carbocycles. The summed E-state index contributed by atoms with van der Waals surface area (Å²) in [4.78, 5) is 24.8. The van der Waals surface area contributed by atoms with Gasteiger partial charge < -0.3 is 0 Å². The quantitative estimate of drug-likeness (QED) is 0.779. The summed E-state index contributed by atoms with van der Waals surface area (Å²) in [5, 5.41) is 0. The van der Waals surface area contributed by atoms with Crippen LogP contribution in [0, 0.1) is 5.92 Å². The number of aromatic nitrogens is 2. The van der Waals surface area contributed by atoms with Crippen LogP contribution in [-0.2, 0) is 14.1 Å². The maximum Gasteiger partial charge on any atom is 0.328 e. The summed E-state index contributed by atoms with van der Waals surface area (Å²) >= 11 is 3.51. The second-order valence-electron chi connectivity index (χ2n) is 5.92. The maximum atomic E-state index is 12.7. The van der Waals surface area contributed by atoms with Gasteiger partial charge in [-0.3, -0.25) is 13.9 Å². The highest BCUT2D eigenvalue weighted by Crippen LogP contribution is 2.31.